The van der Waals surface area contributed by atoms with E-state index >= 15 is 0 Å². The predicted molar refractivity (Wildman–Crippen MR) is 45.7 cm³/mol. The third-order valence-electron chi connectivity index (χ3n) is 1.47. The third kappa shape index (κ3) is 1.77. The van der Waals surface area contributed by atoms with Crippen LogP contribution in [0, 0.1) is 0 Å². The van der Waals surface area contributed by atoms with Gasteiger partial charge in [0.05, 0.1) is 0 Å². The van der Waals surface area contributed by atoms with Crippen LogP contribution in [-0.4, -0.2) is 21.9 Å². The molecule has 0 aromatic heterocycles. The Morgan fingerprint density at radius 2 is 1.67 bits per heavy atom. The molecule has 12 heavy (non-hydrogen) atoms. The molecule has 0 atom stereocenters. The second-order valence-electron chi connectivity index (χ2n) is 2.32. The summed E-state index contributed by atoms with van der Waals surface area (Å²) in [5.41, 5.74) is 0.490. The maximum atomic E-state index is 9.26. The molecule has 0 bridgehead atoms. The lowest BCUT2D eigenvalue weighted by Gasteiger charge is -2.01. The average Bonchev–Trinajstić information content (AvgIpc) is 2.17. The van der Waals surface area contributed by atoms with Gasteiger partial charge in [-0.3, -0.25) is 0 Å². The standard InChI is InChI=1S/C9H10O3/c10-6-8(11)9(12)7-4-2-1-3-5-7/h1-5,10-12H,6H2/b9-8+. The summed E-state index contributed by atoms with van der Waals surface area (Å²) in [6.45, 7) is -0.555. The highest BCUT2D eigenvalue weighted by Gasteiger charge is 2.03. The van der Waals surface area contributed by atoms with E-state index in [4.69, 9.17) is 10.2 Å². The second kappa shape index (κ2) is 3.78. The van der Waals surface area contributed by atoms with Crippen LogP contribution in [0.25, 0.3) is 5.76 Å². The minimum absolute atomic E-state index is 0.280. The molecule has 1 aromatic rings. The maximum Gasteiger partial charge on any atom is 0.162 e. The second-order valence-corrected chi connectivity index (χ2v) is 2.32. The Bertz CT molecular complexity index is 277. The van der Waals surface area contributed by atoms with Crippen molar-refractivity contribution in [3.8, 4) is 0 Å². The van der Waals surface area contributed by atoms with E-state index < -0.39 is 12.4 Å². The molecule has 3 heteroatoms. The van der Waals surface area contributed by atoms with Crippen LogP contribution < -0.4 is 0 Å². The van der Waals surface area contributed by atoms with E-state index in [0.29, 0.717) is 5.56 Å². The van der Waals surface area contributed by atoms with Gasteiger partial charge in [0.25, 0.3) is 0 Å². The largest absolute Gasteiger partial charge is 0.506 e. The van der Waals surface area contributed by atoms with Crippen molar-refractivity contribution in [2.75, 3.05) is 6.61 Å². The molecule has 1 rings (SSSR count). The Labute approximate surface area is 70.2 Å². The van der Waals surface area contributed by atoms with Gasteiger partial charge in [0.15, 0.2) is 11.5 Å². The Balaban J connectivity index is 3.00. The number of benzene rings is 1. The Morgan fingerprint density at radius 1 is 1.08 bits per heavy atom. The predicted octanol–water partition coefficient (Wildman–Crippen LogP) is 1.46. The molecule has 0 heterocycles. The number of hydrogen-bond donors (Lipinski definition) is 3. The van der Waals surface area contributed by atoms with Gasteiger partial charge < -0.3 is 15.3 Å². The molecule has 0 saturated carbocycles. The normalized spacial score (nSPS) is 12.4. The number of hydrogen-bond acceptors (Lipinski definition) is 3. The van der Waals surface area contributed by atoms with E-state index in [0.717, 1.165) is 0 Å². The summed E-state index contributed by atoms with van der Waals surface area (Å²) in [6.07, 6.45) is 0. The van der Waals surface area contributed by atoms with Crippen LogP contribution >= 0.6 is 0 Å². The molecule has 0 unspecified atom stereocenters. The lowest BCUT2D eigenvalue weighted by molar-refractivity contribution is 0.246. The van der Waals surface area contributed by atoms with Gasteiger partial charge in [-0.1, -0.05) is 30.3 Å². The first-order chi connectivity index (χ1) is 5.75. The molecule has 0 fully saturated rings. The molecule has 64 valence electrons. The zero-order valence-corrected chi connectivity index (χ0v) is 6.44. The van der Waals surface area contributed by atoms with E-state index in [9.17, 15) is 5.11 Å². The highest BCUT2D eigenvalue weighted by Crippen LogP contribution is 2.12. The minimum Gasteiger partial charge on any atom is -0.506 e. The summed E-state index contributed by atoms with van der Waals surface area (Å²) >= 11 is 0. The Kier molecular flexibility index (Phi) is 2.71. The Morgan fingerprint density at radius 3 is 2.17 bits per heavy atom. The quantitative estimate of drug-likeness (QED) is 0.583. The summed E-state index contributed by atoms with van der Waals surface area (Å²) in [7, 11) is 0. The number of aliphatic hydroxyl groups excluding tert-OH is 3. The molecule has 0 spiro atoms. The molecule has 1 aromatic carbocycles. The van der Waals surface area contributed by atoms with Crippen molar-refractivity contribution in [1.29, 1.82) is 0 Å². The van der Waals surface area contributed by atoms with Crippen LogP contribution in [0.5, 0.6) is 0 Å². The van der Waals surface area contributed by atoms with Gasteiger partial charge in [-0.15, -0.1) is 0 Å². The van der Waals surface area contributed by atoms with Gasteiger partial charge in [0.1, 0.15) is 6.61 Å². The smallest absolute Gasteiger partial charge is 0.162 e. The molecule has 0 saturated heterocycles. The summed E-state index contributed by atoms with van der Waals surface area (Å²) in [5.74, 6) is -0.695. The van der Waals surface area contributed by atoms with Crippen molar-refractivity contribution in [3.05, 3.63) is 41.7 Å². The van der Waals surface area contributed by atoms with Crippen molar-refractivity contribution >= 4 is 5.76 Å². The van der Waals surface area contributed by atoms with Crippen LogP contribution in [0.15, 0.2) is 36.1 Å². The topological polar surface area (TPSA) is 60.7 Å². The van der Waals surface area contributed by atoms with E-state index in [-0.39, 0.29) is 5.76 Å². The van der Waals surface area contributed by atoms with Gasteiger partial charge in [-0.25, -0.2) is 0 Å². The highest BCUT2D eigenvalue weighted by molar-refractivity contribution is 5.59. The first kappa shape index (κ1) is 8.62. The molecule has 3 N–H and O–H groups in total. The molecule has 0 aliphatic heterocycles. The highest BCUT2D eigenvalue weighted by atomic mass is 16.3. The fourth-order valence-electron chi connectivity index (χ4n) is 0.838. The lowest BCUT2D eigenvalue weighted by atomic mass is 10.2. The van der Waals surface area contributed by atoms with Gasteiger partial charge in [-0.05, 0) is 0 Å². The average molecular weight is 166 g/mol. The lowest BCUT2D eigenvalue weighted by Crippen LogP contribution is -1.94. The monoisotopic (exact) mass is 166 g/mol. The molecular weight excluding hydrogens is 156 g/mol. The molecule has 0 radical (unpaired) electrons. The fraction of sp³-hybridized carbons (Fsp3) is 0.111. The van der Waals surface area contributed by atoms with Crippen LogP contribution in [0.3, 0.4) is 0 Å². The van der Waals surface area contributed by atoms with Crippen molar-refractivity contribution < 1.29 is 15.3 Å². The molecule has 3 nitrogen and oxygen atoms in total. The molecular formula is C9H10O3. The van der Waals surface area contributed by atoms with Crippen LogP contribution in [0.4, 0.5) is 0 Å². The van der Waals surface area contributed by atoms with Gasteiger partial charge in [0, 0.05) is 5.56 Å². The van der Waals surface area contributed by atoms with E-state index in [1.807, 2.05) is 0 Å². The molecule has 0 amide bonds. The van der Waals surface area contributed by atoms with Crippen molar-refractivity contribution in [3.63, 3.8) is 0 Å². The van der Waals surface area contributed by atoms with Crippen molar-refractivity contribution in [2.24, 2.45) is 0 Å². The first-order valence-corrected chi connectivity index (χ1v) is 3.53. The minimum atomic E-state index is -0.555. The SMILES string of the molecule is OC/C(O)=C(\O)c1ccccc1. The van der Waals surface area contributed by atoms with Crippen molar-refractivity contribution in [1.82, 2.24) is 0 Å². The maximum absolute atomic E-state index is 9.26. The Hall–Kier alpha value is -1.48. The van der Waals surface area contributed by atoms with Gasteiger partial charge >= 0.3 is 0 Å². The van der Waals surface area contributed by atoms with E-state index in [1.54, 1.807) is 30.3 Å². The summed E-state index contributed by atoms with van der Waals surface area (Å²) < 4.78 is 0. The first-order valence-electron chi connectivity index (χ1n) is 3.53. The summed E-state index contributed by atoms with van der Waals surface area (Å²) in [5, 5.41) is 26.7. The number of rotatable bonds is 2. The number of aliphatic hydroxyl groups is 3. The van der Waals surface area contributed by atoms with Crippen molar-refractivity contribution in [2.45, 2.75) is 0 Å². The summed E-state index contributed by atoms with van der Waals surface area (Å²) in [6, 6.07) is 8.54. The zero-order chi connectivity index (χ0) is 8.97. The van der Waals surface area contributed by atoms with Crippen LogP contribution in [0.2, 0.25) is 0 Å². The molecule has 0 aliphatic rings. The zero-order valence-electron chi connectivity index (χ0n) is 6.44. The molecule has 0 aliphatic carbocycles. The van der Waals surface area contributed by atoms with Crippen LogP contribution in [-0.2, 0) is 0 Å². The fourth-order valence-corrected chi connectivity index (χ4v) is 0.838. The van der Waals surface area contributed by atoms with Crippen LogP contribution in [0.1, 0.15) is 5.56 Å². The summed E-state index contributed by atoms with van der Waals surface area (Å²) in [4.78, 5) is 0. The van der Waals surface area contributed by atoms with Gasteiger partial charge in [0.2, 0.25) is 0 Å². The third-order valence-corrected chi connectivity index (χ3v) is 1.47. The van der Waals surface area contributed by atoms with E-state index in [2.05, 4.69) is 0 Å². The van der Waals surface area contributed by atoms with E-state index in [1.165, 1.54) is 0 Å². The van der Waals surface area contributed by atoms with Gasteiger partial charge in [-0.2, -0.15) is 0 Å².